The summed E-state index contributed by atoms with van der Waals surface area (Å²) in [6.07, 6.45) is 0. The second kappa shape index (κ2) is 5.87. The third kappa shape index (κ3) is 2.98. The Balaban J connectivity index is 2.14. The number of carbonyl (C=O) groups excluding carboxylic acids is 2. The number of thioether (sulfide) groups is 1. The highest BCUT2D eigenvalue weighted by Gasteiger charge is 2.30. The van der Waals surface area contributed by atoms with Gasteiger partial charge in [0.05, 0.1) is 5.25 Å². The van der Waals surface area contributed by atoms with E-state index in [0.717, 1.165) is 4.90 Å². The van der Waals surface area contributed by atoms with E-state index in [1.165, 1.54) is 33.4 Å². The number of urea groups is 1. The normalized spacial score (nSPS) is 16.2. The Morgan fingerprint density at radius 1 is 1.30 bits per heavy atom. The first-order valence-electron chi connectivity index (χ1n) is 6.74. The van der Waals surface area contributed by atoms with Crippen molar-refractivity contribution >= 4 is 23.7 Å². The van der Waals surface area contributed by atoms with Crippen LogP contribution in [-0.2, 0) is 4.79 Å². The van der Waals surface area contributed by atoms with E-state index in [-0.39, 0.29) is 17.2 Å². The molecule has 1 aromatic rings. The molecule has 2 rings (SSSR count). The molecule has 0 radical (unpaired) electrons. The van der Waals surface area contributed by atoms with Crippen LogP contribution in [-0.4, -0.2) is 35.2 Å². The Kier molecular flexibility index (Phi) is 4.38. The number of amides is 3. The van der Waals surface area contributed by atoms with E-state index in [4.69, 9.17) is 0 Å². The molecule has 5 heteroatoms. The zero-order valence-electron chi connectivity index (χ0n) is 12.3. The fourth-order valence-corrected chi connectivity index (χ4v) is 3.55. The second-order valence-electron chi connectivity index (χ2n) is 5.21. The lowest BCUT2D eigenvalue weighted by molar-refractivity contribution is -0.126. The SMILES string of the molecule is Cc1cc(C)c(SC(C)C(=O)N2CCNC2=O)c(C)c1. The van der Waals surface area contributed by atoms with Crippen molar-refractivity contribution in [3.63, 3.8) is 0 Å². The maximum atomic E-state index is 12.3. The first-order chi connectivity index (χ1) is 9.40. The Morgan fingerprint density at radius 2 is 1.90 bits per heavy atom. The van der Waals surface area contributed by atoms with Gasteiger partial charge in [-0.2, -0.15) is 0 Å². The van der Waals surface area contributed by atoms with Gasteiger partial charge in [-0.1, -0.05) is 17.7 Å². The molecule has 1 N–H and O–H groups in total. The summed E-state index contributed by atoms with van der Waals surface area (Å²) < 4.78 is 0. The van der Waals surface area contributed by atoms with Crippen LogP contribution in [0.4, 0.5) is 4.79 Å². The van der Waals surface area contributed by atoms with Crippen molar-refractivity contribution in [3.05, 3.63) is 28.8 Å². The van der Waals surface area contributed by atoms with Gasteiger partial charge in [-0.3, -0.25) is 9.69 Å². The highest BCUT2D eigenvalue weighted by atomic mass is 32.2. The smallest absolute Gasteiger partial charge is 0.324 e. The fraction of sp³-hybridized carbons (Fsp3) is 0.467. The molecule has 1 aliphatic heterocycles. The van der Waals surface area contributed by atoms with Crippen LogP contribution in [0.2, 0.25) is 0 Å². The van der Waals surface area contributed by atoms with Gasteiger partial charge in [0.2, 0.25) is 5.91 Å². The van der Waals surface area contributed by atoms with Crippen molar-refractivity contribution in [1.29, 1.82) is 0 Å². The van der Waals surface area contributed by atoms with E-state index in [0.29, 0.717) is 13.1 Å². The molecule has 1 aromatic carbocycles. The van der Waals surface area contributed by atoms with Crippen molar-refractivity contribution in [1.82, 2.24) is 10.2 Å². The van der Waals surface area contributed by atoms with Gasteiger partial charge in [0.15, 0.2) is 0 Å². The van der Waals surface area contributed by atoms with E-state index >= 15 is 0 Å². The lowest BCUT2D eigenvalue weighted by atomic mass is 10.1. The molecule has 1 heterocycles. The summed E-state index contributed by atoms with van der Waals surface area (Å²) in [7, 11) is 0. The van der Waals surface area contributed by atoms with Gasteiger partial charge in [-0.25, -0.2) is 4.79 Å². The molecule has 1 fully saturated rings. The molecule has 0 spiro atoms. The molecule has 0 saturated carbocycles. The monoisotopic (exact) mass is 292 g/mol. The fourth-order valence-electron chi connectivity index (χ4n) is 2.48. The predicted octanol–water partition coefficient (Wildman–Crippen LogP) is 2.64. The standard InChI is InChI=1S/C15H20N2O2S/c1-9-7-10(2)13(11(3)8-9)20-12(4)14(18)17-6-5-16-15(17)19/h7-8,12H,5-6H2,1-4H3,(H,16,19). The summed E-state index contributed by atoms with van der Waals surface area (Å²) in [4.78, 5) is 26.3. The van der Waals surface area contributed by atoms with Crippen molar-refractivity contribution in [2.75, 3.05) is 13.1 Å². The molecule has 0 bridgehead atoms. The summed E-state index contributed by atoms with van der Waals surface area (Å²) in [6, 6.07) is 3.96. The van der Waals surface area contributed by atoms with Crippen LogP contribution in [0.5, 0.6) is 0 Å². The highest BCUT2D eigenvalue weighted by molar-refractivity contribution is 8.00. The molecular weight excluding hydrogens is 272 g/mol. The first kappa shape index (κ1) is 14.9. The molecule has 20 heavy (non-hydrogen) atoms. The molecule has 1 saturated heterocycles. The summed E-state index contributed by atoms with van der Waals surface area (Å²) >= 11 is 1.53. The van der Waals surface area contributed by atoms with Crippen molar-refractivity contribution in [3.8, 4) is 0 Å². The lowest BCUT2D eigenvalue weighted by Gasteiger charge is -2.19. The summed E-state index contributed by atoms with van der Waals surface area (Å²) in [5, 5.41) is 2.39. The number of carbonyl (C=O) groups is 2. The Hall–Kier alpha value is -1.49. The van der Waals surface area contributed by atoms with Gasteiger partial charge < -0.3 is 5.32 Å². The molecule has 0 aliphatic carbocycles. The molecule has 4 nitrogen and oxygen atoms in total. The summed E-state index contributed by atoms with van der Waals surface area (Å²) in [6.45, 7) is 9.05. The minimum atomic E-state index is -0.278. The average molecular weight is 292 g/mol. The van der Waals surface area contributed by atoms with E-state index < -0.39 is 0 Å². The van der Waals surface area contributed by atoms with E-state index in [9.17, 15) is 9.59 Å². The van der Waals surface area contributed by atoms with Gasteiger partial charge in [0, 0.05) is 18.0 Å². The van der Waals surface area contributed by atoms with Crippen LogP contribution in [0.1, 0.15) is 23.6 Å². The summed E-state index contributed by atoms with van der Waals surface area (Å²) in [5.41, 5.74) is 3.58. The van der Waals surface area contributed by atoms with Crippen LogP contribution < -0.4 is 5.32 Å². The molecule has 108 valence electrons. The predicted molar refractivity (Wildman–Crippen MR) is 81.1 cm³/mol. The number of imide groups is 1. The average Bonchev–Trinajstić information content (AvgIpc) is 2.78. The highest BCUT2D eigenvalue weighted by Crippen LogP contribution is 2.31. The molecule has 1 unspecified atom stereocenters. The van der Waals surface area contributed by atoms with Crippen molar-refractivity contribution < 1.29 is 9.59 Å². The van der Waals surface area contributed by atoms with Crippen LogP contribution in [0.3, 0.4) is 0 Å². The Bertz CT molecular complexity index is 534. The van der Waals surface area contributed by atoms with Gasteiger partial charge in [0.25, 0.3) is 0 Å². The Morgan fingerprint density at radius 3 is 2.40 bits per heavy atom. The van der Waals surface area contributed by atoms with E-state index in [1.54, 1.807) is 0 Å². The molecule has 3 amide bonds. The number of rotatable bonds is 3. The molecule has 0 aromatic heterocycles. The number of nitrogens with one attached hydrogen (secondary N) is 1. The number of hydrogen-bond donors (Lipinski definition) is 1. The van der Waals surface area contributed by atoms with Crippen LogP contribution in [0.25, 0.3) is 0 Å². The zero-order valence-corrected chi connectivity index (χ0v) is 13.1. The zero-order chi connectivity index (χ0) is 14.9. The number of nitrogens with zero attached hydrogens (tertiary/aromatic N) is 1. The number of benzene rings is 1. The van der Waals surface area contributed by atoms with Crippen LogP contribution in [0, 0.1) is 20.8 Å². The van der Waals surface area contributed by atoms with Crippen molar-refractivity contribution in [2.45, 2.75) is 37.8 Å². The minimum Gasteiger partial charge on any atom is -0.336 e. The third-order valence-corrected chi connectivity index (χ3v) is 4.80. The van der Waals surface area contributed by atoms with Crippen LogP contribution in [0.15, 0.2) is 17.0 Å². The number of aryl methyl sites for hydroxylation is 3. The maximum Gasteiger partial charge on any atom is 0.324 e. The summed E-state index contributed by atoms with van der Waals surface area (Å²) in [5.74, 6) is -0.121. The van der Waals surface area contributed by atoms with E-state index in [2.05, 4.69) is 38.2 Å². The van der Waals surface area contributed by atoms with Gasteiger partial charge in [-0.15, -0.1) is 11.8 Å². The maximum absolute atomic E-state index is 12.3. The topological polar surface area (TPSA) is 49.4 Å². The second-order valence-corrected chi connectivity index (χ2v) is 6.56. The van der Waals surface area contributed by atoms with Gasteiger partial charge in [0.1, 0.15) is 0 Å². The van der Waals surface area contributed by atoms with E-state index in [1.807, 2.05) is 6.92 Å². The van der Waals surface area contributed by atoms with Crippen molar-refractivity contribution in [2.24, 2.45) is 0 Å². The van der Waals surface area contributed by atoms with Gasteiger partial charge >= 0.3 is 6.03 Å². The van der Waals surface area contributed by atoms with Crippen LogP contribution >= 0.6 is 11.8 Å². The van der Waals surface area contributed by atoms with Gasteiger partial charge in [-0.05, 0) is 38.8 Å². The number of hydrogen-bond acceptors (Lipinski definition) is 3. The molecule has 1 atom stereocenters. The molecular formula is C15H20N2O2S. The molecule has 1 aliphatic rings. The first-order valence-corrected chi connectivity index (χ1v) is 7.62. The minimum absolute atomic E-state index is 0.121. The third-order valence-electron chi connectivity index (χ3n) is 3.37. The Labute approximate surface area is 123 Å². The lowest BCUT2D eigenvalue weighted by Crippen LogP contribution is -2.38. The quantitative estimate of drug-likeness (QED) is 0.871. The largest absolute Gasteiger partial charge is 0.336 e.